The Morgan fingerprint density at radius 2 is 2.00 bits per heavy atom. The summed E-state index contributed by atoms with van der Waals surface area (Å²) in [6, 6.07) is 0. The summed E-state index contributed by atoms with van der Waals surface area (Å²) in [7, 11) is 0. The number of rotatable bonds is 1. The second-order valence-electron chi connectivity index (χ2n) is 1.38. The Balaban J connectivity index is 2.83. The average Bonchev–Trinajstić information content (AvgIpc) is 1.90. The van der Waals surface area contributed by atoms with Gasteiger partial charge in [0, 0.05) is 18.0 Å². The summed E-state index contributed by atoms with van der Waals surface area (Å²) in [6.07, 6.45) is 4.28. The molecular weight excluding hydrogens is 107 g/mol. The predicted octanol–water partition coefficient (Wildman–Crippen LogP) is 0.946. The molecule has 0 atom stereocenters. The molecule has 1 rings (SSSR count). The van der Waals surface area contributed by atoms with Crippen molar-refractivity contribution in [2.24, 2.45) is 0 Å². The molecule has 3 heteroatoms. The van der Waals surface area contributed by atoms with E-state index in [1.807, 2.05) is 0 Å². The fourth-order valence-electron chi connectivity index (χ4n) is 0.399. The van der Waals surface area contributed by atoms with Crippen molar-refractivity contribution in [1.29, 1.82) is 0 Å². The minimum Gasteiger partial charge on any atom is -0.246 e. The van der Waals surface area contributed by atoms with Gasteiger partial charge in [0.2, 0.25) is 0 Å². The van der Waals surface area contributed by atoms with Crippen LogP contribution in [0.25, 0.3) is 0 Å². The molecule has 0 bridgehead atoms. The van der Waals surface area contributed by atoms with Crippen LogP contribution < -0.4 is 0 Å². The zero-order valence-electron chi connectivity index (χ0n) is 4.21. The molecular formula is C5H5FN2. The van der Waals surface area contributed by atoms with Crippen molar-refractivity contribution >= 4 is 0 Å². The second-order valence-corrected chi connectivity index (χ2v) is 1.38. The van der Waals surface area contributed by atoms with Crippen LogP contribution in [0.3, 0.4) is 0 Å². The number of halogens is 1. The number of nitrogens with zero attached hydrogens (tertiary/aromatic N) is 2. The lowest BCUT2D eigenvalue weighted by atomic mass is 10.4. The Kier molecular flexibility index (Phi) is 1.51. The minimum atomic E-state index is -0.485. The fraction of sp³-hybridized carbons (Fsp3) is 0.200. The fourth-order valence-corrected chi connectivity index (χ4v) is 0.399. The van der Waals surface area contributed by atoms with Gasteiger partial charge in [0.05, 0.1) is 0 Å². The van der Waals surface area contributed by atoms with E-state index in [0.29, 0.717) is 5.56 Å². The molecule has 0 N–H and O–H groups in total. The van der Waals surface area contributed by atoms with Crippen molar-refractivity contribution in [1.82, 2.24) is 9.97 Å². The van der Waals surface area contributed by atoms with Gasteiger partial charge >= 0.3 is 0 Å². The third-order valence-corrected chi connectivity index (χ3v) is 0.768. The molecule has 0 aliphatic rings. The van der Waals surface area contributed by atoms with E-state index < -0.39 is 6.67 Å². The number of hydrogen-bond acceptors (Lipinski definition) is 2. The molecule has 42 valence electrons. The molecule has 0 aromatic carbocycles. The lowest BCUT2D eigenvalue weighted by Crippen LogP contribution is -1.80. The highest BCUT2D eigenvalue weighted by Crippen LogP contribution is 1.92. The Hall–Kier alpha value is -0.990. The quantitative estimate of drug-likeness (QED) is 0.540. The van der Waals surface area contributed by atoms with Crippen LogP contribution in [0.1, 0.15) is 5.56 Å². The molecule has 1 aromatic rings. The molecule has 1 heterocycles. The van der Waals surface area contributed by atoms with Crippen LogP contribution in [-0.4, -0.2) is 9.97 Å². The van der Waals surface area contributed by atoms with Gasteiger partial charge in [-0.05, 0) is 0 Å². The van der Waals surface area contributed by atoms with Crippen molar-refractivity contribution in [3.8, 4) is 0 Å². The predicted molar refractivity (Wildman–Crippen MR) is 26.8 cm³/mol. The van der Waals surface area contributed by atoms with E-state index in [2.05, 4.69) is 9.97 Å². The van der Waals surface area contributed by atoms with E-state index in [4.69, 9.17) is 0 Å². The molecule has 8 heavy (non-hydrogen) atoms. The van der Waals surface area contributed by atoms with E-state index in [1.165, 1.54) is 18.7 Å². The van der Waals surface area contributed by atoms with Crippen LogP contribution in [0.4, 0.5) is 4.39 Å². The number of alkyl halides is 1. The zero-order valence-corrected chi connectivity index (χ0v) is 4.21. The van der Waals surface area contributed by atoms with Crippen molar-refractivity contribution in [3.63, 3.8) is 0 Å². The van der Waals surface area contributed by atoms with E-state index >= 15 is 0 Å². The maximum absolute atomic E-state index is 11.6. The van der Waals surface area contributed by atoms with Crippen LogP contribution >= 0.6 is 0 Å². The summed E-state index contributed by atoms with van der Waals surface area (Å²) in [6.45, 7) is -0.485. The SMILES string of the molecule is FCc1cncnc1. The van der Waals surface area contributed by atoms with Crippen molar-refractivity contribution < 1.29 is 4.39 Å². The molecule has 2 nitrogen and oxygen atoms in total. The average molecular weight is 112 g/mol. The van der Waals surface area contributed by atoms with Gasteiger partial charge in [-0.3, -0.25) is 0 Å². The highest BCUT2D eigenvalue weighted by molar-refractivity contribution is 4.99. The van der Waals surface area contributed by atoms with Crippen LogP contribution in [0.2, 0.25) is 0 Å². The third-order valence-electron chi connectivity index (χ3n) is 0.768. The lowest BCUT2D eigenvalue weighted by Gasteiger charge is -1.85. The van der Waals surface area contributed by atoms with Crippen LogP contribution in [0, 0.1) is 0 Å². The summed E-state index contributed by atoms with van der Waals surface area (Å²) < 4.78 is 11.6. The summed E-state index contributed by atoms with van der Waals surface area (Å²) in [5.41, 5.74) is 0.521. The van der Waals surface area contributed by atoms with E-state index in [9.17, 15) is 4.39 Å². The minimum absolute atomic E-state index is 0.485. The number of aromatic nitrogens is 2. The normalized spacial score (nSPS) is 9.12. The van der Waals surface area contributed by atoms with Crippen molar-refractivity contribution in [2.75, 3.05) is 0 Å². The monoisotopic (exact) mass is 112 g/mol. The van der Waals surface area contributed by atoms with Crippen molar-refractivity contribution in [3.05, 3.63) is 24.3 Å². The van der Waals surface area contributed by atoms with Gasteiger partial charge in [0.15, 0.2) is 0 Å². The van der Waals surface area contributed by atoms with E-state index in [-0.39, 0.29) is 0 Å². The Bertz CT molecular complexity index is 152. The molecule has 0 fully saturated rings. The van der Waals surface area contributed by atoms with Crippen LogP contribution in [0.15, 0.2) is 18.7 Å². The summed E-state index contributed by atoms with van der Waals surface area (Å²) in [5.74, 6) is 0. The Morgan fingerprint density at radius 3 is 2.38 bits per heavy atom. The van der Waals surface area contributed by atoms with Gasteiger partial charge in [0.25, 0.3) is 0 Å². The van der Waals surface area contributed by atoms with Crippen LogP contribution in [-0.2, 0) is 6.67 Å². The van der Waals surface area contributed by atoms with Gasteiger partial charge < -0.3 is 0 Å². The highest BCUT2D eigenvalue weighted by atomic mass is 19.1. The number of hydrogen-bond donors (Lipinski definition) is 0. The van der Waals surface area contributed by atoms with Crippen LogP contribution in [0.5, 0.6) is 0 Å². The first-order valence-electron chi connectivity index (χ1n) is 2.23. The molecule has 0 radical (unpaired) electrons. The van der Waals surface area contributed by atoms with E-state index in [0.717, 1.165) is 0 Å². The molecule has 0 aliphatic carbocycles. The largest absolute Gasteiger partial charge is 0.246 e. The van der Waals surface area contributed by atoms with E-state index in [1.54, 1.807) is 0 Å². The Labute approximate surface area is 46.4 Å². The molecule has 0 unspecified atom stereocenters. The summed E-state index contributed by atoms with van der Waals surface area (Å²) in [5, 5.41) is 0. The van der Waals surface area contributed by atoms with Gasteiger partial charge in [-0.1, -0.05) is 0 Å². The molecule has 0 aliphatic heterocycles. The Morgan fingerprint density at radius 1 is 1.38 bits per heavy atom. The summed E-state index contributed by atoms with van der Waals surface area (Å²) >= 11 is 0. The van der Waals surface area contributed by atoms with Crippen molar-refractivity contribution in [2.45, 2.75) is 6.67 Å². The zero-order chi connectivity index (χ0) is 5.82. The first-order chi connectivity index (χ1) is 3.93. The highest BCUT2D eigenvalue weighted by Gasteiger charge is 1.85. The first kappa shape index (κ1) is 5.15. The lowest BCUT2D eigenvalue weighted by molar-refractivity contribution is 0.483. The molecule has 0 saturated heterocycles. The molecule has 0 saturated carbocycles. The smallest absolute Gasteiger partial charge is 0.117 e. The van der Waals surface area contributed by atoms with Gasteiger partial charge in [0.1, 0.15) is 13.0 Å². The molecule has 0 amide bonds. The van der Waals surface area contributed by atoms with Gasteiger partial charge in [-0.2, -0.15) is 0 Å². The first-order valence-corrected chi connectivity index (χ1v) is 2.23. The molecule has 1 aromatic heterocycles. The second kappa shape index (κ2) is 2.35. The van der Waals surface area contributed by atoms with Gasteiger partial charge in [-0.25, -0.2) is 14.4 Å². The molecule has 0 spiro atoms. The standard InChI is InChI=1S/C5H5FN2/c6-1-5-2-7-4-8-3-5/h2-4H,1H2. The maximum Gasteiger partial charge on any atom is 0.117 e. The topological polar surface area (TPSA) is 25.8 Å². The summed E-state index contributed by atoms with van der Waals surface area (Å²) in [4.78, 5) is 7.21. The third kappa shape index (κ3) is 0.992. The maximum atomic E-state index is 11.6. The van der Waals surface area contributed by atoms with Gasteiger partial charge in [-0.15, -0.1) is 0 Å².